The van der Waals surface area contributed by atoms with Gasteiger partial charge in [0.25, 0.3) is 5.91 Å². The Hall–Kier alpha value is -4.37. The van der Waals surface area contributed by atoms with Crippen LogP contribution >= 0.6 is 0 Å². The number of nitrogens with one attached hydrogen (secondary N) is 2. The molecule has 0 aromatic heterocycles. The summed E-state index contributed by atoms with van der Waals surface area (Å²) in [6, 6.07) is 19.3. The predicted octanol–water partition coefficient (Wildman–Crippen LogP) is 3.32. The number of anilines is 3. The third kappa shape index (κ3) is 3.39. The molecule has 1 spiro atoms. The maximum Gasteiger partial charge on any atom is 0.253 e. The van der Waals surface area contributed by atoms with Crippen molar-refractivity contribution in [1.82, 2.24) is 5.32 Å². The van der Waals surface area contributed by atoms with Crippen LogP contribution in [0.2, 0.25) is 0 Å². The molecule has 38 heavy (non-hydrogen) atoms. The van der Waals surface area contributed by atoms with E-state index in [4.69, 9.17) is 0 Å². The summed E-state index contributed by atoms with van der Waals surface area (Å²) in [7, 11) is 0. The quantitative estimate of drug-likeness (QED) is 0.523. The molecule has 3 aromatic rings. The lowest BCUT2D eigenvalue weighted by atomic mass is 9.76. The molecular weight excluding hydrogens is 487 g/mol. The maximum atomic E-state index is 14.3. The highest BCUT2D eigenvalue weighted by Crippen LogP contribution is 2.55. The lowest BCUT2D eigenvalue weighted by Gasteiger charge is -2.30. The standard InChI is InChI=1S/C29H25FN4O4/c1-16-24-25(27(37)34(26(24)36)21-13-11-20(12-14-21)31-17(2)35)29(32-16)22-5-3-4-6-23(22)33(28(29)38)15-18-7-9-19(30)10-8-18/h3-14,16,24-25,32H,15H2,1-2H3,(H,31,35)/t16-,24-,25+,29+/m1/s1. The highest BCUT2D eigenvalue weighted by molar-refractivity contribution is 6.26. The van der Waals surface area contributed by atoms with Crippen molar-refractivity contribution in [3.63, 3.8) is 0 Å². The topological polar surface area (TPSA) is 98.8 Å². The van der Waals surface area contributed by atoms with Gasteiger partial charge in [0.1, 0.15) is 11.4 Å². The van der Waals surface area contributed by atoms with Crippen LogP contribution in [-0.2, 0) is 31.3 Å². The highest BCUT2D eigenvalue weighted by Gasteiger charge is 2.71. The first kappa shape index (κ1) is 24.0. The van der Waals surface area contributed by atoms with Crippen LogP contribution < -0.4 is 20.4 Å². The Morgan fingerprint density at radius 3 is 2.34 bits per heavy atom. The van der Waals surface area contributed by atoms with E-state index in [9.17, 15) is 23.6 Å². The van der Waals surface area contributed by atoms with Crippen LogP contribution in [0.15, 0.2) is 72.8 Å². The van der Waals surface area contributed by atoms with Crippen LogP contribution in [0.3, 0.4) is 0 Å². The average Bonchev–Trinajstić information content (AvgIpc) is 3.44. The number of para-hydroxylation sites is 1. The SMILES string of the molecule is CC(=O)Nc1ccc(N2C(=O)[C@H]3[C@@H](C2=O)[C@]2(N[C@@H]3C)C(=O)N(Cc3ccc(F)cc3)c3ccccc32)cc1. The number of hydrogen-bond donors (Lipinski definition) is 2. The zero-order valence-corrected chi connectivity index (χ0v) is 20.8. The van der Waals surface area contributed by atoms with Gasteiger partial charge in [-0.3, -0.25) is 24.5 Å². The molecule has 3 aliphatic heterocycles. The third-order valence-electron chi connectivity index (χ3n) is 7.71. The molecule has 192 valence electrons. The van der Waals surface area contributed by atoms with Crippen molar-refractivity contribution in [1.29, 1.82) is 0 Å². The Kier molecular flexibility index (Phi) is 5.43. The molecule has 0 saturated carbocycles. The molecule has 2 fully saturated rings. The number of nitrogens with zero attached hydrogens (tertiary/aromatic N) is 2. The lowest BCUT2D eigenvalue weighted by molar-refractivity contribution is -0.132. The lowest BCUT2D eigenvalue weighted by Crippen LogP contribution is -2.54. The molecule has 6 rings (SSSR count). The van der Waals surface area contributed by atoms with Gasteiger partial charge in [0.15, 0.2) is 0 Å². The van der Waals surface area contributed by atoms with E-state index < -0.39 is 29.3 Å². The summed E-state index contributed by atoms with van der Waals surface area (Å²) in [5, 5.41) is 6.03. The van der Waals surface area contributed by atoms with E-state index in [1.54, 1.807) is 41.3 Å². The van der Waals surface area contributed by atoms with E-state index >= 15 is 0 Å². The Morgan fingerprint density at radius 2 is 1.66 bits per heavy atom. The van der Waals surface area contributed by atoms with Crippen molar-refractivity contribution < 1.29 is 23.6 Å². The van der Waals surface area contributed by atoms with E-state index in [0.29, 0.717) is 22.6 Å². The Labute approximate surface area is 218 Å². The van der Waals surface area contributed by atoms with Crippen LogP contribution in [-0.4, -0.2) is 29.7 Å². The normalized spacial score (nSPS) is 25.8. The van der Waals surface area contributed by atoms with E-state index in [2.05, 4.69) is 10.6 Å². The van der Waals surface area contributed by atoms with Gasteiger partial charge in [-0.2, -0.15) is 0 Å². The van der Waals surface area contributed by atoms with Gasteiger partial charge in [-0.15, -0.1) is 0 Å². The maximum absolute atomic E-state index is 14.3. The third-order valence-corrected chi connectivity index (χ3v) is 7.71. The minimum Gasteiger partial charge on any atom is -0.326 e. The molecule has 9 heteroatoms. The van der Waals surface area contributed by atoms with Crippen molar-refractivity contribution in [3.05, 3.63) is 89.7 Å². The fourth-order valence-corrected chi connectivity index (χ4v) is 6.19. The minimum absolute atomic E-state index is 0.196. The number of rotatable bonds is 4. The van der Waals surface area contributed by atoms with Crippen molar-refractivity contribution in [2.75, 3.05) is 15.1 Å². The molecule has 4 atom stereocenters. The molecule has 8 nitrogen and oxygen atoms in total. The van der Waals surface area contributed by atoms with Crippen molar-refractivity contribution >= 4 is 40.7 Å². The fourth-order valence-electron chi connectivity index (χ4n) is 6.19. The van der Waals surface area contributed by atoms with Crippen LogP contribution in [0.5, 0.6) is 0 Å². The van der Waals surface area contributed by atoms with Crippen LogP contribution in [0, 0.1) is 17.7 Å². The van der Waals surface area contributed by atoms with Crippen molar-refractivity contribution in [2.24, 2.45) is 11.8 Å². The summed E-state index contributed by atoms with van der Waals surface area (Å²) in [6.45, 7) is 3.41. The summed E-state index contributed by atoms with van der Waals surface area (Å²) in [6.07, 6.45) is 0. The number of imide groups is 1. The molecule has 3 aliphatic rings. The largest absolute Gasteiger partial charge is 0.326 e. The molecule has 0 bridgehead atoms. The van der Waals surface area contributed by atoms with Gasteiger partial charge >= 0.3 is 0 Å². The van der Waals surface area contributed by atoms with Crippen LogP contribution in [0.4, 0.5) is 21.5 Å². The molecule has 4 amide bonds. The van der Waals surface area contributed by atoms with Gasteiger partial charge in [-0.25, -0.2) is 9.29 Å². The van der Waals surface area contributed by atoms with Gasteiger partial charge in [-0.1, -0.05) is 30.3 Å². The number of carbonyl (C=O) groups is 4. The Bertz CT molecular complexity index is 1490. The van der Waals surface area contributed by atoms with Gasteiger partial charge in [0.2, 0.25) is 17.7 Å². The van der Waals surface area contributed by atoms with Gasteiger partial charge in [0.05, 0.1) is 24.1 Å². The number of benzene rings is 3. The first-order valence-electron chi connectivity index (χ1n) is 12.4. The summed E-state index contributed by atoms with van der Waals surface area (Å²) >= 11 is 0. The van der Waals surface area contributed by atoms with E-state index in [-0.39, 0.29) is 30.1 Å². The van der Waals surface area contributed by atoms with Crippen molar-refractivity contribution in [2.45, 2.75) is 32.0 Å². The number of carbonyl (C=O) groups excluding carboxylic acids is 4. The molecule has 3 heterocycles. The van der Waals surface area contributed by atoms with Crippen LogP contribution in [0.25, 0.3) is 0 Å². The van der Waals surface area contributed by atoms with Gasteiger partial charge < -0.3 is 10.2 Å². The molecule has 0 unspecified atom stereocenters. The smallest absolute Gasteiger partial charge is 0.253 e. The summed E-state index contributed by atoms with van der Waals surface area (Å²) in [4.78, 5) is 56.1. The zero-order valence-electron chi connectivity index (χ0n) is 20.8. The number of hydrogen-bond acceptors (Lipinski definition) is 5. The summed E-state index contributed by atoms with van der Waals surface area (Å²) in [5.74, 6) is -3.40. The number of amides is 4. The monoisotopic (exact) mass is 512 g/mol. The fraction of sp³-hybridized carbons (Fsp3) is 0.241. The molecule has 0 radical (unpaired) electrons. The van der Waals surface area contributed by atoms with Gasteiger partial charge in [-0.05, 0) is 55.0 Å². The second-order valence-corrected chi connectivity index (χ2v) is 10.0. The number of fused-ring (bicyclic) bond motifs is 4. The molecule has 0 aliphatic carbocycles. The summed E-state index contributed by atoms with van der Waals surface area (Å²) < 4.78 is 13.5. The first-order valence-corrected chi connectivity index (χ1v) is 12.4. The van der Waals surface area contributed by atoms with Crippen LogP contribution in [0.1, 0.15) is 25.0 Å². The molecular formula is C29H25FN4O4. The molecule has 2 N–H and O–H groups in total. The van der Waals surface area contributed by atoms with E-state index in [1.165, 1.54) is 19.1 Å². The minimum atomic E-state index is -1.40. The van der Waals surface area contributed by atoms with Gasteiger partial charge in [0, 0.05) is 29.9 Å². The first-order chi connectivity index (χ1) is 18.2. The second kappa shape index (κ2) is 8.59. The molecule has 3 aromatic carbocycles. The summed E-state index contributed by atoms with van der Waals surface area (Å²) in [5.41, 5.74) is 1.56. The highest BCUT2D eigenvalue weighted by atomic mass is 19.1. The Morgan fingerprint density at radius 1 is 0.974 bits per heavy atom. The second-order valence-electron chi connectivity index (χ2n) is 10.0. The predicted molar refractivity (Wildman–Crippen MR) is 139 cm³/mol. The van der Waals surface area contributed by atoms with E-state index in [0.717, 1.165) is 10.5 Å². The Balaban J connectivity index is 1.40. The number of halogens is 1. The van der Waals surface area contributed by atoms with Crippen molar-refractivity contribution in [3.8, 4) is 0 Å². The van der Waals surface area contributed by atoms with E-state index in [1.807, 2.05) is 31.2 Å². The molecule has 2 saturated heterocycles. The zero-order chi connectivity index (χ0) is 26.8. The average molecular weight is 513 g/mol.